The quantitative estimate of drug-likeness (QED) is 0.251. The van der Waals surface area contributed by atoms with Crippen molar-refractivity contribution in [3.63, 3.8) is 0 Å². The number of thiophene rings is 1. The Morgan fingerprint density at radius 2 is 1.76 bits per heavy atom. The smallest absolute Gasteiger partial charge is 0.310 e. The van der Waals surface area contributed by atoms with Crippen LogP contribution in [0.25, 0.3) is 33.3 Å². The molecular formula is C30H21F2N3O4S2. The van der Waals surface area contributed by atoms with Crippen molar-refractivity contribution >= 4 is 43.9 Å². The summed E-state index contributed by atoms with van der Waals surface area (Å²) in [6.45, 7) is 2.39. The van der Waals surface area contributed by atoms with Crippen LogP contribution in [0.4, 0.5) is 14.5 Å². The van der Waals surface area contributed by atoms with Crippen LogP contribution < -0.4 is 4.90 Å². The lowest BCUT2D eigenvalue weighted by molar-refractivity contribution is -0.142. The van der Waals surface area contributed by atoms with Crippen LogP contribution in [-0.4, -0.2) is 36.6 Å². The molecule has 1 aliphatic rings. The number of nitrogens with zero attached hydrogens (tertiary/aromatic N) is 3. The minimum Gasteiger partial charge on any atom is -0.481 e. The number of carbonyl (C=O) groups is 1. The summed E-state index contributed by atoms with van der Waals surface area (Å²) in [7, 11) is -4.37. The monoisotopic (exact) mass is 589 g/mol. The molecule has 0 atom stereocenters. The van der Waals surface area contributed by atoms with E-state index in [2.05, 4.69) is 6.07 Å². The highest BCUT2D eigenvalue weighted by atomic mass is 32.2. The van der Waals surface area contributed by atoms with E-state index in [-0.39, 0.29) is 45.0 Å². The van der Waals surface area contributed by atoms with Crippen LogP contribution in [0, 0.1) is 35.8 Å². The number of hydrogen-bond acceptors (Lipinski definition) is 6. The average Bonchev–Trinajstić information content (AvgIpc) is 3.50. The first kappa shape index (κ1) is 26.7. The molecule has 1 fully saturated rings. The number of carboxylic acid groups (broad SMARTS) is 1. The SMILES string of the molecule is Cc1ccc(S(=O)(=O)n2c(-c3cccc(N4CC(C(=O)O)C4)c3)c(-c3ccsc3C#N)c3cc(F)c(F)cc32)cc1. The summed E-state index contributed by atoms with van der Waals surface area (Å²) in [5.41, 5.74) is 2.65. The number of anilines is 1. The molecule has 0 spiro atoms. The van der Waals surface area contributed by atoms with Gasteiger partial charge in [0.25, 0.3) is 10.0 Å². The number of rotatable bonds is 6. The third kappa shape index (κ3) is 4.36. The molecule has 0 saturated carbocycles. The molecule has 7 nitrogen and oxygen atoms in total. The zero-order valence-corrected chi connectivity index (χ0v) is 23.1. The number of hydrogen-bond donors (Lipinski definition) is 1. The maximum Gasteiger partial charge on any atom is 0.310 e. The van der Waals surface area contributed by atoms with Crippen LogP contribution in [-0.2, 0) is 14.8 Å². The topological polar surface area (TPSA) is 103 Å². The van der Waals surface area contributed by atoms with E-state index in [0.717, 1.165) is 33.0 Å². The van der Waals surface area contributed by atoms with Crippen LogP contribution in [0.5, 0.6) is 0 Å². The normalized spacial score (nSPS) is 13.8. The first-order chi connectivity index (χ1) is 19.6. The number of nitriles is 1. The summed E-state index contributed by atoms with van der Waals surface area (Å²) in [5, 5.41) is 21.0. The highest BCUT2D eigenvalue weighted by Crippen LogP contribution is 2.46. The van der Waals surface area contributed by atoms with Gasteiger partial charge in [-0.25, -0.2) is 21.2 Å². The fourth-order valence-electron chi connectivity index (χ4n) is 5.14. The number of aromatic nitrogens is 1. The summed E-state index contributed by atoms with van der Waals surface area (Å²) in [6.07, 6.45) is 0. The molecule has 1 N–H and O–H groups in total. The van der Waals surface area contributed by atoms with Crippen molar-refractivity contribution in [3.05, 3.63) is 94.2 Å². The van der Waals surface area contributed by atoms with E-state index in [0.29, 0.717) is 16.8 Å². The molecule has 206 valence electrons. The van der Waals surface area contributed by atoms with Gasteiger partial charge in [-0.2, -0.15) is 5.26 Å². The molecule has 11 heteroatoms. The average molecular weight is 590 g/mol. The Morgan fingerprint density at radius 1 is 1.05 bits per heavy atom. The lowest BCUT2D eigenvalue weighted by Gasteiger charge is -2.38. The van der Waals surface area contributed by atoms with Crippen molar-refractivity contribution in [1.29, 1.82) is 5.26 Å². The van der Waals surface area contributed by atoms with E-state index in [4.69, 9.17) is 0 Å². The molecule has 0 aliphatic carbocycles. The van der Waals surface area contributed by atoms with Crippen LogP contribution in [0.15, 0.2) is 77.0 Å². The highest BCUT2D eigenvalue weighted by molar-refractivity contribution is 7.90. The Bertz CT molecular complexity index is 2000. The standard InChI is InChI=1S/C30H21F2N3O4S2/c1-17-5-7-21(8-6-17)41(38,39)35-26-13-25(32)24(31)12-23(26)28(22-9-10-40-27(22)14-33)29(35)18-3-2-4-20(11-18)34-15-19(16-34)30(36)37/h2-13,19H,15-16H2,1H3,(H,36,37). The molecule has 1 saturated heterocycles. The van der Waals surface area contributed by atoms with Crippen LogP contribution in [0.3, 0.4) is 0 Å². The Hall–Kier alpha value is -4.53. The number of fused-ring (bicyclic) bond motifs is 1. The first-order valence-electron chi connectivity index (χ1n) is 12.5. The maximum absolute atomic E-state index is 14.7. The summed E-state index contributed by atoms with van der Waals surface area (Å²) < 4.78 is 59.1. The van der Waals surface area contributed by atoms with Gasteiger partial charge in [-0.3, -0.25) is 4.79 Å². The maximum atomic E-state index is 14.7. The molecule has 0 radical (unpaired) electrons. The predicted molar refractivity (Wildman–Crippen MR) is 152 cm³/mol. The fraction of sp³-hybridized carbons (Fsp3) is 0.133. The van der Waals surface area contributed by atoms with E-state index < -0.39 is 33.5 Å². The number of benzene rings is 3. The largest absolute Gasteiger partial charge is 0.481 e. The van der Waals surface area contributed by atoms with Gasteiger partial charge in [-0.1, -0.05) is 29.8 Å². The zero-order valence-electron chi connectivity index (χ0n) is 21.5. The van der Waals surface area contributed by atoms with Gasteiger partial charge >= 0.3 is 5.97 Å². The van der Waals surface area contributed by atoms with E-state index >= 15 is 0 Å². The van der Waals surface area contributed by atoms with Crippen LogP contribution in [0.2, 0.25) is 0 Å². The highest BCUT2D eigenvalue weighted by Gasteiger charge is 2.34. The molecule has 3 aromatic carbocycles. The van der Waals surface area contributed by atoms with Crippen molar-refractivity contribution in [2.45, 2.75) is 11.8 Å². The Labute approximate surface area is 238 Å². The minimum absolute atomic E-state index is 0.0495. The van der Waals surface area contributed by atoms with Crippen molar-refractivity contribution in [2.24, 2.45) is 5.92 Å². The van der Waals surface area contributed by atoms with Crippen molar-refractivity contribution in [3.8, 4) is 28.5 Å². The van der Waals surface area contributed by atoms with Gasteiger partial charge in [0.2, 0.25) is 0 Å². The lowest BCUT2D eigenvalue weighted by atomic mass is 9.96. The van der Waals surface area contributed by atoms with Crippen molar-refractivity contribution in [2.75, 3.05) is 18.0 Å². The third-order valence-corrected chi connectivity index (χ3v) is 9.82. The predicted octanol–water partition coefficient (Wildman–Crippen LogP) is 6.25. The third-order valence-electron chi connectivity index (χ3n) is 7.28. The van der Waals surface area contributed by atoms with E-state index in [1.807, 2.05) is 11.8 Å². The molecule has 0 unspecified atom stereocenters. The van der Waals surface area contributed by atoms with Gasteiger partial charge in [0.15, 0.2) is 11.6 Å². The van der Waals surface area contributed by atoms with E-state index in [9.17, 15) is 32.4 Å². The second-order valence-electron chi connectivity index (χ2n) is 9.86. The summed E-state index contributed by atoms with van der Waals surface area (Å²) in [6, 6.07) is 18.7. The summed E-state index contributed by atoms with van der Waals surface area (Å²) in [5.74, 6) is -3.78. The van der Waals surface area contributed by atoms with E-state index in [1.165, 1.54) is 12.1 Å². The van der Waals surface area contributed by atoms with Crippen molar-refractivity contribution < 1.29 is 27.1 Å². The molecule has 5 aromatic rings. The van der Waals surface area contributed by atoms with Gasteiger partial charge in [0.1, 0.15) is 10.9 Å². The lowest BCUT2D eigenvalue weighted by Crippen LogP contribution is -2.50. The molecule has 3 heterocycles. The van der Waals surface area contributed by atoms with Gasteiger partial charge in [0, 0.05) is 46.9 Å². The Balaban J connectivity index is 1.70. The molecular weight excluding hydrogens is 568 g/mol. The second kappa shape index (κ2) is 9.83. The Morgan fingerprint density at radius 3 is 2.44 bits per heavy atom. The zero-order chi connectivity index (χ0) is 29.1. The molecule has 0 bridgehead atoms. The number of halogens is 2. The van der Waals surface area contributed by atoms with Gasteiger partial charge in [-0.15, -0.1) is 11.3 Å². The second-order valence-corrected chi connectivity index (χ2v) is 12.6. The van der Waals surface area contributed by atoms with E-state index in [1.54, 1.807) is 47.8 Å². The number of carboxylic acids is 1. The number of aliphatic carboxylic acids is 1. The van der Waals surface area contributed by atoms with Gasteiger partial charge in [0.05, 0.1) is 22.0 Å². The van der Waals surface area contributed by atoms with Crippen molar-refractivity contribution in [1.82, 2.24) is 3.97 Å². The first-order valence-corrected chi connectivity index (χ1v) is 14.8. The summed E-state index contributed by atoms with van der Waals surface area (Å²) in [4.78, 5) is 13.5. The van der Waals surface area contributed by atoms with Gasteiger partial charge in [-0.05, 0) is 48.7 Å². The summed E-state index contributed by atoms with van der Waals surface area (Å²) >= 11 is 1.15. The van der Waals surface area contributed by atoms with Gasteiger partial charge < -0.3 is 10.0 Å². The Kier molecular flexibility index (Phi) is 6.40. The molecule has 1 aliphatic heterocycles. The van der Waals surface area contributed by atoms with Crippen LogP contribution >= 0.6 is 11.3 Å². The minimum atomic E-state index is -4.37. The number of aryl methyl sites for hydroxylation is 1. The molecule has 0 amide bonds. The van der Waals surface area contributed by atoms with Crippen LogP contribution in [0.1, 0.15) is 10.4 Å². The molecule has 6 rings (SSSR count). The fourth-order valence-corrected chi connectivity index (χ4v) is 7.37. The molecule has 2 aromatic heterocycles. The molecule has 41 heavy (non-hydrogen) atoms.